The highest BCUT2D eigenvalue weighted by Gasteiger charge is 2.11. The lowest BCUT2D eigenvalue weighted by atomic mass is 10.1. The van der Waals surface area contributed by atoms with Crippen LogP contribution in [-0.4, -0.2) is 9.38 Å². The van der Waals surface area contributed by atoms with Gasteiger partial charge in [-0.15, -0.1) is 0 Å². The Kier molecular flexibility index (Phi) is 2.49. The molecule has 3 nitrogen and oxygen atoms in total. The van der Waals surface area contributed by atoms with Crippen molar-refractivity contribution in [2.45, 2.75) is 6.92 Å². The predicted molar refractivity (Wildman–Crippen MR) is 74.8 cm³/mol. The van der Waals surface area contributed by atoms with Crippen molar-refractivity contribution in [2.75, 3.05) is 5.73 Å². The number of aromatic nitrogens is 2. The van der Waals surface area contributed by atoms with Gasteiger partial charge in [0.2, 0.25) is 0 Å². The van der Waals surface area contributed by atoms with Gasteiger partial charge in [0, 0.05) is 16.8 Å². The lowest BCUT2D eigenvalue weighted by Crippen LogP contribution is -1.93. The van der Waals surface area contributed by atoms with Gasteiger partial charge in [0.25, 0.3) is 0 Å². The number of hydrogen-bond donors (Lipinski definition) is 1. The van der Waals surface area contributed by atoms with E-state index in [0.717, 1.165) is 22.5 Å². The van der Waals surface area contributed by atoms with Gasteiger partial charge in [0.15, 0.2) is 0 Å². The van der Waals surface area contributed by atoms with Crippen LogP contribution in [0.25, 0.3) is 16.9 Å². The summed E-state index contributed by atoms with van der Waals surface area (Å²) in [5.74, 6) is 0.632. The van der Waals surface area contributed by atoms with Crippen molar-refractivity contribution in [1.29, 1.82) is 0 Å². The van der Waals surface area contributed by atoms with Gasteiger partial charge < -0.3 is 5.73 Å². The van der Waals surface area contributed by atoms with Gasteiger partial charge in [-0.1, -0.05) is 23.7 Å². The molecule has 2 heterocycles. The van der Waals surface area contributed by atoms with Crippen molar-refractivity contribution in [2.24, 2.45) is 0 Å². The molecule has 0 amide bonds. The van der Waals surface area contributed by atoms with E-state index in [9.17, 15) is 0 Å². The molecule has 0 aliphatic carbocycles. The van der Waals surface area contributed by atoms with Crippen molar-refractivity contribution in [3.8, 4) is 11.3 Å². The first-order valence-electron chi connectivity index (χ1n) is 5.65. The van der Waals surface area contributed by atoms with Crippen LogP contribution in [0.2, 0.25) is 5.02 Å². The van der Waals surface area contributed by atoms with Crippen LogP contribution in [0.1, 0.15) is 5.56 Å². The van der Waals surface area contributed by atoms with Gasteiger partial charge >= 0.3 is 0 Å². The number of fused-ring (bicyclic) bond motifs is 1. The van der Waals surface area contributed by atoms with Crippen LogP contribution in [0.15, 0.2) is 42.6 Å². The second-order valence-electron chi connectivity index (χ2n) is 4.29. The first-order valence-corrected chi connectivity index (χ1v) is 6.03. The summed E-state index contributed by atoms with van der Waals surface area (Å²) in [5, 5.41) is 0.681. The minimum atomic E-state index is 0.632. The molecular weight excluding hydrogens is 246 g/mol. The zero-order valence-electron chi connectivity index (χ0n) is 9.89. The maximum Gasteiger partial charge on any atom is 0.139 e. The number of nitrogens with two attached hydrogens (primary N) is 1. The molecule has 4 heteroatoms. The van der Waals surface area contributed by atoms with Gasteiger partial charge in [-0.3, -0.25) is 4.40 Å². The second-order valence-corrected chi connectivity index (χ2v) is 4.72. The fourth-order valence-corrected chi connectivity index (χ4v) is 2.20. The Labute approximate surface area is 110 Å². The number of nitrogen functional groups attached to an aromatic ring is 1. The number of nitrogens with zero attached hydrogens (tertiary/aromatic N) is 2. The van der Waals surface area contributed by atoms with E-state index in [1.54, 1.807) is 0 Å². The van der Waals surface area contributed by atoms with Gasteiger partial charge in [0.1, 0.15) is 17.2 Å². The summed E-state index contributed by atoms with van der Waals surface area (Å²) in [6.07, 6.45) is 1.93. The summed E-state index contributed by atoms with van der Waals surface area (Å²) in [6.45, 7) is 2.03. The van der Waals surface area contributed by atoms with Crippen molar-refractivity contribution in [3.05, 3.63) is 53.2 Å². The maximum absolute atomic E-state index is 6.13. The molecule has 0 atom stereocenters. The Bertz CT molecular complexity index is 731. The molecule has 0 saturated heterocycles. The molecule has 0 saturated carbocycles. The van der Waals surface area contributed by atoms with Crippen molar-refractivity contribution in [3.63, 3.8) is 0 Å². The van der Waals surface area contributed by atoms with E-state index >= 15 is 0 Å². The highest BCUT2D eigenvalue weighted by molar-refractivity contribution is 6.30. The normalized spacial score (nSPS) is 11.0. The Balaban J connectivity index is 2.27. The molecule has 0 aliphatic rings. The molecule has 2 aromatic heterocycles. The molecule has 0 aliphatic heterocycles. The fraction of sp³-hybridized carbons (Fsp3) is 0.0714. The number of hydrogen-bond acceptors (Lipinski definition) is 2. The summed E-state index contributed by atoms with van der Waals surface area (Å²) in [6, 6.07) is 11.6. The van der Waals surface area contributed by atoms with Crippen LogP contribution in [-0.2, 0) is 0 Å². The summed E-state index contributed by atoms with van der Waals surface area (Å²) in [5.41, 5.74) is 9.83. The first-order chi connectivity index (χ1) is 8.65. The number of imidazole rings is 1. The minimum absolute atomic E-state index is 0.632. The summed E-state index contributed by atoms with van der Waals surface area (Å²) >= 11 is 6.00. The van der Waals surface area contributed by atoms with Gasteiger partial charge in [-0.2, -0.15) is 0 Å². The molecule has 18 heavy (non-hydrogen) atoms. The Morgan fingerprint density at radius 3 is 2.83 bits per heavy atom. The van der Waals surface area contributed by atoms with E-state index in [2.05, 4.69) is 4.98 Å². The molecule has 0 spiro atoms. The first kappa shape index (κ1) is 11.1. The second kappa shape index (κ2) is 4.03. The number of rotatable bonds is 1. The van der Waals surface area contributed by atoms with Gasteiger partial charge in [-0.25, -0.2) is 4.98 Å². The topological polar surface area (TPSA) is 43.3 Å². The number of anilines is 1. The lowest BCUT2D eigenvalue weighted by Gasteiger charge is -2.00. The average molecular weight is 258 g/mol. The number of aryl methyl sites for hydroxylation is 1. The summed E-state index contributed by atoms with van der Waals surface area (Å²) in [4.78, 5) is 4.56. The standard InChI is InChI=1S/C14H12ClN3/c1-9-5-6-18-12(7-9)17-13(14(18)16)10-3-2-4-11(15)8-10/h2-8H,16H2,1H3. The number of benzene rings is 1. The summed E-state index contributed by atoms with van der Waals surface area (Å²) in [7, 11) is 0. The van der Waals surface area contributed by atoms with Crippen LogP contribution >= 0.6 is 11.6 Å². The maximum atomic E-state index is 6.13. The molecule has 0 unspecified atom stereocenters. The molecule has 2 N–H and O–H groups in total. The molecule has 3 aromatic rings. The highest BCUT2D eigenvalue weighted by atomic mass is 35.5. The Morgan fingerprint density at radius 2 is 2.06 bits per heavy atom. The molecule has 90 valence electrons. The Morgan fingerprint density at radius 1 is 1.22 bits per heavy atom. The molecule has 0 bridgehead atoms. The quantitative estimate of drug-likeness (QED) is 0.725. The monoisotopic (exact) mass is 257 g/mol. The van der Waals surface area contributed by atoms with Crippen LogP contribution in [0.4, 0.5) is 5.82 Å². The fourth-order valence-electron chi connectivity index (χ4n) is 2.01. The third-order valence-corrected chi connectivity index (χ3v) is 3.15. The number of pyridine rings is 1. The van der Waals surface area contributed by atoms with Crippen LogP contribution in [0, 0.1) is 6.92 Å². The summed E-state index contributed by atoms with van der Waals surface area (Å²) < 4.78 is 1.88. The van der Waals surface area contributed by atoms with Gasteiger partial charge in [-0.05, 0) is 36.8 Å². The van der Waals surface area contributed by atoms with E-state index in [0.29, 0.717) is 10.8 Å². The van der Waals surface area contributed by atoms with E-state index in [1.165, 1.54) is 0 Å². The zero-order valence-corrected chi connectivity index (χ0v) is 10.6. The van der Waals surface area contributed by atoms with Crippen LogP contribution in [0.5, 0.6) is 0 Å². The van der Waals surface area contributed by atoms with E-state index < -0.39 is 0 Å². The van der Waals surface area contributed by atoms with Crippen LogP contribution < -0.4 is 5.73 Å². The molecule has 0 radical (unpaired) electrons. The van der Waals surface area contributed by atoms with E-state index in [-0.39, 0.29) is 0 Å². The largest absolute Gasteiger partial charge is 0.383 e. The zero-order chi connectivity index (χ0) is 12.7. The number of halogens is 1. The SMILES string of the molecule is Cc1ccn2c(N)c(-c3cccc(Cl)c3)nc2c1. The third-order valence-electron chi connectivity index (χ3n) is 2.92. The lowest BCUT2D eigenvalue weighted by molar-refractivity contribution is 1.18. The predicted octanol–water partition coefficient (Wildman–Crippen LogP) is 3.55. The van der Waals surface area contributed by atoms with Crippen molar-refractivity contribution < 1.29 is 0 Å². The van der Waals surface area contributed by atoms with Crippen LogP contribution in [0.3, 0.4) is 0 Å². The van der Waals surface area contributed by atoms with Crippen molar-refractivity contribution in [1.82, 2.24) is 9.38 Å². The van der Waals surface area contributed by atoms with E-state index in [4.69, 9.17) is 17.3 Å². The van der Waals surface area contributed by atoms with Gasteiger partial charge in [0.05, 0.1) is 0 Å². The highest BCUT2D eigenvalue weighted by Crippen LogP contribution is 2.28. The van der Waals surface area contributed by atoms with E-state index in [1.807, 2.05) is 53.9 Å². The smallest absolute Gasteiger partial charge is 0.139 e. The van der Waals surface area contributed by atoms with Crippen molar-refractivity contribution >= 4 is 23.1 Å². The molecule has 0 fully saturated rings. The minimum Gasteiger partial charge on any atom is -0.383 e. The average Bonchev–Trinajstić information content (AvgIpc) is 2.66. The molecule has 1 aromatic carbocycles. The Hall–Kier alpha value is -2.00. The third kappa shape index (κ3) is 1.73. The molecular formula is C14H12ClN3. The molecule has 3 rings (SSSR count).